The Morgan fingerprint density at radius 2 is 1.81 bits per heavy atom. The number of thiazole rings is 1. The molecular formula is C22H18N2O2S. The molecule has 3 aromatic carbocycles. The van der Waals surface area contributed by atoms with Crippen LogP contribution in [0.25, 0.3) is 20.8 Å². The molecule has 1 heterocycles. The number of amides is 1. The third-order valence-corrected chi connectivity index (χ3v) is 5.35. The van der Waals surface area contributed by atoms with Gasteiger partial charge < -0.3 is 10.1 Å². The van der Waals surface area contributed by atoms with E-state index in [-0.39, 0.29) is 5.91 Å². The van der Waals surface area contributed by atoms with Gasteiger partial charge in [0.1, 0.15) is 10.8 Å². The van der Waals surface area contributed by atoms with Gasteiger partial charge in [-0.1, -0.05) is 30.3 Å². The first kappa shape index (κ1) is 17.2. The van der Waals surface area contributed by atoms with Crippen molar-refractivity contribution in [3.63, 3.8) is 0 Å². The van der Waals surface area contributed by atoms with Crippen molar-refractivity contribution in [3.05, 3.63) is 83.9 Å². The monoisotopic (exact) mass is 374 g/mol. The smallest absolute Gasteiger partial charge is 0.251 e. The number of nitrogens with one attached hydrogen (secondary N) is 1. The second-order valence-corrected chi connectivity index (χ2v) is 7.13. The summed E-state index contributed by atoms with van der Waals surface area (Å²) in [5.74, 6) is 0.734. The van der Waals surface area contributed by atoms with Gasteiger partial charge in [-0.05, 0) is 48.0 Å². The number of rotatable bonds is 5. The molecule has 0 bridgehead atoms. The molecule has 4 nitrogen and oxygen atoms in total. The summed E-state index contributed by atoms with van der Waals surface area (Å²) in [6, 6.07) is 23.3. The normalized spacial score (nSPS) is 10.7. The van der Waals surface area contributed by atoms with Gasteiger partial charge >= 0.3 is 0 Å². The number of nitrogens with zero attached hydrogens (tertiary/aromatic N) is 1. The molecule has 1 N–H and O–H groups in total. The summed E-state index contributed by atoms with van der Waals surface area (Å²) in [6.45, 7) is 0.511. The number of ether oxygens (including phenoxy) is 1. The zero-order valence-corrected chi connectivity index (χ0v) is 15.6. The SMILES string of the molecule is COc1ccc(-c2nc3ccc(C(=O)NCc4ccccc4)cc3s2)cc1. The molecule has 1 amide bonds. The van der Waals surface area contributed by atoms with Crippen molar-refractivity contribution in [2.75, 3.05) is 7.11 Å². The van der Waals surface area contributed by atoms with Crippen LogP contribution < -0.4 is 10.1 Å². The zero-order valence-electron chi connectivity index (χ0n) is 14.8. The molecule has 0 radical (unpaired) electrons. The van der Waals surface area contributed by atoms with Crippen LogP contribution in [0, 0.1) is 0 Å². The van der Waals surface area contributed by atoms with Crippen LogP contribution in [0.3, 0.4) is 0 Å². The molecule has 0 aliphatic rings. The average molecular weight is 374 g/mol. The number of benzene rings is 3. The standard InChI is InChI=1S/C22H18N2O2S/c1-26-18-10-7-16(8-11-18)22-24-19-12-9-17(13-20(19)27-22)21(25)23-14-15-5-3-2-4-6-15/h2-13H,14H2,1H3,(H,23,25). The molecule has 0 unspecified atom stereocenters. The van der Waals surface area contributed by atoms with E-state index < -0.39 is 0 Å². The molecule has 0 aliphatic carbocycles. The van der Waals surface area contributed by atoms with Gasteiger partial charge in [-0.15, -0.1) is 11.3 Å². The first-order valence-corrected chi connectivity index (χ1v) is 9.42. The Bertz CT molecular complexity index is 1070. The van der Waals surface area contributed by atoms with Gasteiger partial charge in [-0.3, -0.25) is 4.79 Å². The Labute approximate surface area is 161 Å². The topological polar surface area (TPSA) is 51.2 Å². The van der Waals surface area contributed by atoms with Gasteiger partial charge in [0.05, 0.1) is 17.3 Å². The molecule has 0 aliphatic heterocycles. The van der Waals surface area contributed by atoms with E-state index >= 15 is 0 Å². The van der Waals surface area contributed by atoms with Crippen LogP contribution in [0.2, 0.25) is 0 Å². The van der Waals surface area contributed by atoms with Crippen molar-refractivity contribution in [1.29, 1.82) is 0 Å². The number of fused-ring (bicyclic) bond motifs is 1. The van der Waals surface area contributed by atoms with E-state index in [9.17, 15) is 4.79 Å². The molecule has 0 atom stereocenters. The number of carbonyl (C=O) groups excluding carboxylic acids is 1. The predicted molar refractivity (Wildman–Crippen MR) is 109 cm³/mol. The van der Waals surface area contributed by atoms with E-state index in [0.717, 1.165) is 32.1 Å². The molecule has 4 rings (SSSR count). The van der Waals surface area contributed by atoms with Gasteiger partial charge in [0.2, 0.25) is 0 Å². The third-order valence-electron chi connectivity index (χ3n) is 4.28. The predicted octanol–water partition coefficient (Wildman–Crippen LogP) is 4.90. The molecule has 1 aromatic heterocycles. The Kier molecular flexibility index (Phi) is 4.85. The fourth-order valence-corrected chi connectivity index (χ4v) is 3.81. The highest BCUT2D eigenvalue weighted by Crippen LogP contribution is 2.31. The first-order chi connectivity index (χ1) is 13.2. The summed E-state index contributed by atoms with van der Waals surface area (Å²) in [6.07, 6.45) is 0. The second kappa shape index (κ2) is 7.60. The number of aromatic nitrogens is 1. The van der Waals surface area contributed by atoms with Crippen LogP contribution in [0.5, 0.6) is 5.75 Å². The molecule has 0 saturated heterocycles. The summed E-state index contributed by atoms with van der Waals surface area (Å²) >= 11 is 1.58. The summed E-state index contributed by atoms with van der Waals surface area (Å²) in [7, 11) is 1.65. The van der Waals surface area contributed by atoms with Crippen molar-refractivity contribution < 1.29 is 9.53 Å². The van der Waals surface area contributed by atoms with Gasteiger partial charge in [0.15, 0.2) is 0 Å². The fourth-order valence-electron chi connectivity index (χ4n) is 2.80. The third kappa shape index (κ3) is 3.83. The largest absolute Gasteiger partial charge is 0.497 e. The average Bonchev–Trinajstić information content (AvgIpc) is 3.16. The van der Waals surface area contributed by atoms with Crippen molar-refractivity contribution in [2.24, 2.45) is 0 Å². The second-order valence-electron chi connectivity index (χ2n) is 6.10. The van der Waals surface area contributed by atoms with E-state index in [2.05, 4.69) is 10.3 Å². The van der Waals surface area contributed by atoms with Crippen molar-refractivity contribution in [2.45, 2.75) is 6.54 Å². The van der Waals surface area contributed by atoms with Crippen molar-refractivity contribution in [1.82, 2.24) is 10.3 Å². The van der Waals surface area contributed by atoms with Crippen LogP contribution in [0.1, 0.15) is 15.9 Å². The minimum absolute atomic E-state index is 0.0832. The highest BCUT2D eigenvalue weighted by molar-refractivity contribution is 7.21. The minimum Gasteiger partial charge on any atom is -0.497 e. The number of carbonyl (C=O) groups is 1. The van der Waals surface area contributed by atoms with E-state index in [1.165, 1.54) is 0 Å². The quantitative estimate of drug-likeness (QED) is 0.540. The molecular weight excluding hydrogens is 356 g/mol. The lowest BCUT2D eigenvalue weighted by Crippen LogP contribution is -2.22. The first-order valence-electron chi connectivity index (χ1n) is 8.60. The number of hydrogen-bond acceptors (Lipinski definition) is 4. The van der Waals surface area contributed by atoms with Crippen LogP contribution in [0.4, 0.5) is 0 Å². The summed E-state index contributed by atoms with van der Waals surface area (Å²) in [5.41, 5.74) is 3.65. The van der Waals surface area contributed by atoms with E-state index in [1.807, 2.05) is 72.8 Å². The lowest BCUT2D eigenvalue weighted by Gasteiger charge is -2.05. The van der Waals surface area contributed by atoms with Gasteiger partial charge in [-0.2, -0.15) is 0 Å². The Morgan fingerprint density at radius 1 is 1.04 bits per heavy atom. The maximum Gasteiger partial charge on any atom is 0.251 e. The molecule has 134 valence electrons. The van der Waals surface area contributed by atoms with Crippen LogP contribution in [-0.4, -0.2) is 18.0 Å². The minimum atomic E-state index is -0.0832. The van der Waals surface area contributed by atoms with E-state index in [1.54, 1.807) is 18.4 Å². The van der Waals surface area contributed by atoms with Crippen molar-refractivity contribution in [3.8, 4) is 16.3 Å². The lowest BCUT2D eigenvalue weighted by molar-refractivity contribution is 0.0951. The van der Waals surface area contributed by atoms with Gasteiger partial charge in [0, 0.05) is 17.7 Å². The molecule has 0 saturated carbocycles. The maximum absolute atomic E-state index is 12.5. The maximum atomic E-state index is 12.5. The number of methoxy groups -OCH3 is 1. The number of hydrogen-bond donors (Lipinski definition) is 1. The van der Waals surface area contributed by atoms with E-state index in [4.69, 9.17) is 4.74 Å². The zero-order chi connectivity index (χ0) is 18.6. The molecule has 5 heteroatoms. The van der Waals surface area contributed by atoms with Gasteiger partial charge in [-0.25, -0.2) is 4.98 Å². The van der Waals surface area contributed by atoms with Crippen LogP contribution >= 0.6 is 11.3 Å². The van der Waals surface area contributed by atoms with Crippen LogP contribution in [-0.2, 0) is 6.54 Å². The highest BCUT2D eigenvalue weighted by Gasteiger charge is 2.11. The Balaban J connectivity index is 1.54. The highest BCUT2D eigenvalue weighted by atomic mass is 32.1. The lowest BCUT2D eigenvalue weighted by atomic mass is 10.2. The van der Waals surface area contributed by atoms with E-state index in [0.29, 0.717) is 12.1 Å². The molecule has 4 aromatic rings. The Hall–Kier alpha value is -3.18. The molecule has 0 spiro atoms. The van der Waals surface area contributed by atoms with Crippen LogP contribution in [0.15, 0.2) is 72.8 Å². The Morgan fingerprint density at radius 3 is 2.56 bits per heavy atom. The summed E-state index contributed by atoms with van der Waals surface area (Å²) in [5, 5.41) is 3.89. The van der Waals surface area contributed by atoms with Gasteiger partial charge in [0.25, 0.3) is 5.91 Å². The molecule has 27 heavy (non-hydrogen) atoms. The molecule has 0 fully saturated rings. The summed E-state index contributed by atoms with van der Waals surface area (Å²) < 4.78 is 6.19. The summed E-state index contributed by atoms with van der Waals surface area (Å²) in [4.78, 5) is 17.1. The van der Waals surface area contributed by atoms with Crippen molar-refractivity contribution >= 4 is 27.5 Å². The fraction of sp³-hybridized carbons (Fsp3) is 0.0909.